The fourth-order valence-corrected chi connectivity index (χ4v) is 2.64. The van der Waals surface area contributed by atoms with Crippen LogP contribution >= 0.6 is 0 Å². The van der Waals surface area contributed by atoms with Gasteiger partial charge in [-0.25, -0.2) is 4.79 Å². The van der Waals surface area contributed by atoms with Crippen LogP contribution in [0.15, 0.2) is 66.7 Å². The van der Waals surface area contributed by atoms with E-state index in [1.807, 2.05) is 56.3 Å². The Hall–Kier alpha value is -2.35. The third kappa shape index (κ3) is 4.56. The van der Waals surface area contributed by atoms with Gasteiger partial charge in [0.1, 0.15) is 6.10 Å². The third-order valence-corrected chi connectivity index (χ3v) is 3.84. The summed E-state index contributed by atoms with van der Waals surface area (Å²) in [5, 5.41) is 0. The van der Waals surface area contributed by atoms with E-state index < -0.39 is 0 Å². The lowest BCUT2D eigenvalue weighted by Gasteiger charge is -2.11. The number of rotatable bonds is 3. The second-order valence-corrected chi connectivity index (χ2v) is 5.46. The highest BCUT2D eigenvalue weighted by atomic mass is 16.5. The van der Waals surface area contributed by atoms with Gasteiger partial charge in [-0.1, -0.05) is 68.5 Å². The molecule has 1 aliphatic carbocycles. The summed E-state index contributed by atoms with van der Waals surface area (Å²) in [5.41, 5.74) is 4.02. The smallest absolute Gasteiger partial charge is 0.338 e. The molecule has 0 spiro atoms. The molecular weight excluding hydrogens is 284 g/mol. The van der Waals surface area contributed by atoms with Crippen LogP contribution in [0.2, 0.25) is 0 Å². The fourth-order valence-electron chi connectivity index (χ4n) is 2.64. The molecule has 0 aromatic heterocycles. The molecule has 23 heavy (non-hydrogen) atoms. The molecule has 2 nitrogen and oxygen atoms in total. The van der Waals surface area contributed by atoms with E-state index in [-0.39, 0.29) is 12.1 Å². The van der Waals surface area contributed by atoms with E-state index in [9.17, 15) is 4.79 Å². The van der Waals surface area contributed by atoms with Gasteiger partial charge in [-0.2, -0.15) is 0 Å². The van der Waals surface area contributed by atoms with E-state index in [1.165, 1.54) is 5.57 Å². The summed E-state index contributed by atoms with van der Waals surface area (Å²) in [6.07, 6.45) is 2.66. The van der Waals surface area contributed by atoms with Gasteiger partial charge in [-0.3, -0.25) is 0 Å². The molecule has 0 bridgehead atoms. The summed E-state index contributed by atoms with van der Waals surface area (Å²) in [5.74, 6) is -0.241. The average Bonchev–Trinajstić information content (AvgIpc) is 3.02. The first kappa shape index (κ1) is 17.0. The maximum atomic E-state index is 12.1. The van der Waals surface area contributed by atoms with Gasteiger partial charge in [0.25, 0.3) is 0 Å². The summed E-state index contributed by atoms with van der Waals surface area (Å²) in [4.78, 5) is 12.1. The molecule has 1 atom stereocenters. The zero-order valence-electron chi connectivity index (χ0n) is 13.9. The van der Waals surface area contributed by atoms with Crippen molar-refractivity contribution in [2.24, 2.45) is 0 Å². The van der Waals surface area contributed by atoms with E-state index in [0.29, 0.717) is 5.56 Å². The molecule has 0 heterocycles. The summed E-state index contributed by atoms with van der Waals surface area (Å²) in [7, 11) is 0. The van der Waals surface area contributed by atoms with Crippen molar-refractivity contribution < 1.29 is 9.53 Å². The van der Waals surface area contributed by atoms with Gasteiger partial charge in [-0.05, 0) is 36.1 Å². The van der Waals surface area contributed by atoms with Crippen LogP contribution in [0.5, 0.6) is 0 Å². The molecule has 0 radical (unpaired) electrons. The molecule has 2 aromatic carbocycles. The number of esters is 1. The predicted molar refractivity (Wildman–Crippen MR) is 95.4 cm³/mol. The minimum atomic E-state index is -0.241. The predicted octanol–water partition coefficient (Wildman–Crippen LogP) is 5.65. The second kappa shape index (κ2) is 8.33. The fraction of sp³-hybridized carbons (Fsp3) is 0.286. The van der Waals surface area contributed by atoms with E-state index in [2.05, 4.69) is 18.7 Å². The first-order chi connectivity index (χ1) is 11.2. The van der Waals surface area contributed by atoms with Crippen molar-refractivity contribution in [3.05, 3.63) is 72.3 Å². The van der Waals surface area contributed by atoms with Crippen molar-refractivity contribution in [2.75, 3.05) is 0 Å². The monoisotopic (exact) mass is 308 g/mol. The van der Waals surface area contributed by atoms with Gasteiger partial charge in [0.15, 0.2) is 0 Å². The third-order valence-electron chi connectivity index (χ3n) is 3.84. The summed E-state index contributed by atoms with van der Waals surface area (Å²) in [6.45, 7) is 7.94. The lowest BCUT2D eigenvalue weighted by molar-refractivity contribution is 0.0324. The first-order valence-electron chi connectivity index (χ1n) is 8.25. The van der Waals surface area contributed by atoms with Crippen LogP contribution in [-0.4, -0.2) is 12.1 Å². The van der Waals surface area contributed by atoms with Crippen LogP contribution in [0.1, 0.15) is 43.5 Å². The van der Waals surface area contributed by atoms with Gasteiger partial charge in [0.05, 0.1) is 5.56 Å². The molecule has 0 aliphatic heterocycles. The Morgan fingerprint density at radius 3 is 2.17 bits per heavy atom. The van der Waals surface area contributed by atoms with Crippen molar-refractivity contribution in [1.82, 2.24) is 0 Å². The van der Waals surface area contributed by atoms with Gasteiger partial charge in [0, 0.05) is 6.42 Å². The minimum absolute atomic E-state index is 0.00111. The Kier molecular flexibility index (Phi) is 6.16. The SMILES string of the molecule is C=C1CC[C@H](OC(=O)c2ccc(-c3ccccc3)cc2)C1.CC. The standard InChI is InChI=1S/C19H18O2.C2H6/c1-14-7-12-18(13-14)21-19(20)17-10-8-16(9-11-17)15-5-3-2-4-6-15;1-2/h2-6,8-11,18H,1,7,12-13H2;1-2H3/t18-;/m0./s1. The molecule has 1 saturated carbocycles. The highest BCUT2D eigenvalue weighted by Crippen LogP contribution is 2.26. The number of carbonyl (C=O) groups is 1. The van der Waals surface area contributed by atoms with Crippen molar-refractivity contribution in [2.45, 2.75) is 39.2 Å². The molecule has 1 fully saturated rings. The minimum Gasteiger partial charge on any atom is -0.458 e. The molecule has 1 aliphatic rings. The van der Waals surface area contributed by atoms with Crippen LogP contribution in [0.3, 0.4) is 0 Å². The average molecular weight is 308 g/mol. The van der Waals surface area contributed by atoms with Gasteiger partial charge >= 0.3 is 5.97 Å². The number of hydrogen-bond donors (Lipinski definition) is 0. The lowest BCUT2D eigenvalue weighted by atomic mass is 10.0. The van der Waals surface area contributed by atoms with Crippen LogP contribution < -0.4 is 0 Å². The molecule has 0 amide bonds. The molecule has 120 valence electrons. The van der Waals surface area contributed by atoms with Crippen LogP contribution in [0.25, 0.3) is 11.1 Å². The molecule has 0 saturated heterocycles. The van der Waals surface area contributed by atoms with Crippen molar-refractivity contribution in [3.8, 4) is 11.1 Å². The summed E-state index contributed by atoms with van der Waals surface area (Å²) in [6, 6.07) is 17.7. The Bertz CT molecular complexity index is 641. The molecule has 2 aromatic rings. The van der Waals surface area contributed by atoms with E-state index in [1.54, 1.807) is 0 Å². The Morgan fingerprint density at radius 1 is 1.00 bits per heavy atom. The highest BCUT2D eigenvalue weighted by Gasteiger charge is 2.22. The van der Waals surface area contributed by atoms with Gasteiger partial charge in [0.2, 0.25) is 0 Å². The largest absolute Gasteiger partial charge is 0.458 e. The van der Waals surface area contributed by atoms with Crippen molar-refractivity contribution >= 4 is 5.97 Å². The Balaban J connectivity index is 0.000000924. The first-order valence-corrected chi connectivity index (χ1v) is 8.25. The molecule has 3 rings (SSSR count). The molecular formula is C21H24O2. The number of benzene rings is 2. The van der Waals surface area contributed by atoms with Crippen LogP contribution in [0.4, 0.5) is 0 Å². The highest BCUT2D eigenvalue weighted by molar-refractivity contribution is 5.90. The molecule has 2 heteroatoms. The maximum absolute atomic E-state index is 12.1. The summed E-state index contributed by atoms with van der Waals surface area (Å²) >= 11 is 0. The van der Waals surface area contributed by atoms with Gasteiger partial charge in [-0.15, -0.1) is 0 Å². The zero-order valence-corrected chi connectivity index (χ0v) is 13.9. The lowest BCUT2D eigenvalue weighted by Crippen LogP contribution is -2.14. The van der Waals surface area contributed by atoms with Crippen molar-refractivity contribution in [3.63, 3.8) is 0 Å². The van der Waals surface area contributed by atoms with Crippen molar-refractivity contribution in [1.29, 1.82) is 0 Å². The normalized spacial score (nSPS) is 16.4. The molecule has 0 unspecified atom stereocenters. The maximum Gasteiger partial charge on any atom is 0.338 e. The van der Waals surface area contributed by atoms with Crippen LogP contribution in [-0.2, 0) is 4.74 Å². The Labute approximate surface area is 138 Å². The topological polar surface area (TPSA) is 26.3 Å². The molecule has 0 N–H and O–H groups in total. The van der Waals surface area contributed by atoms with E-state index in [4.69, 9.17) is 4.74 Å². The number of ether oxygens (including phenoxy) is 1. The van der Waals surface area contributed by atoms with E-state index >= 15 is 0 Å². The van der Waals surface area contributed by atoms with E-state index in [0.717, 1.165) is 30.4 Å². The Morgan fingerprint density at radius 2 is 1.61 bits per heavy atom. The summed E-state index contributed by atoms with van der Waals surface area (Å²) < 4.78 is 5.51. The second-order valence-electron chi connectivity index (χ2n) is 5.46. The number of hydrogen-bond acceptors (Lipinski definition) is 2. The van der Waals surface area contributed by atoms with Crippen LogP contribution in [0, 0.1) is 0 Å². The quantitative estimate of drug-likeness (QED) is 0.541. The zero-order chi connectivity index (χ0) is 16.7. The van der Waals surface area contributed by atoms with Gasteiger partial charge < -0.3 is 4.74 Å². The number of carbonyl (C=O) groups excluding carboxylic acids is 1.